The molecule has 0 fully saturated rings. The summed E-state index contributed by atoms with van der Waals surface area (Å²) in [6.07, 6.45) is 1.52. The van der Waals surface area contributed by atoms with Crippen LogP contribution in [-0.2, 0) is 6.42 Å². The predicted molar refractivity (Wildman–Crippen MR) is 56.2 cm³/mol. The van der Waals surface area contributed by atoms with E-state index >= 15 is 0 Å². The summed E-state index contributed by atoms with van der Waals surface area (Å²) in [6.45, 7) is 2.55. The van der Waals surface area contributed by atoms with Crippen LogP contribution in [0.15, 0.2) is 16.6 Å². The Bertz CT molecular complexity index is 299. The SMILES string of the molecule is Cc1ccc(F)c(CCCN)c1Br. The van der Waals surface area contributed by atoms with Crippen LogP contribution in [0.2, 0.25) is 0 Å². The molecule has 0 saturated carbocycles. The largest absolute Gasteiger partial charge is 0.330 e. The highest BCUT2D eigenvalue weighted by molar-refractivity contribution is 9.10. The van der Waals surface area contributed by atoms with Crippen molar-refractivity contribution in [2.45, 2.75) is 19.8 Å². The Morgan fingerprint density at radius 2 is 2.15 bits per heavy atom. The van der Waals surface area contributed by atoms with Crippen LogP contribution in [0.3, 0.4) is 0 Å². The van der Waals surface area contributed by atoms with E-state index in [0.29, 0.717) is 13.0 Å². The Morgan fingerprint density at radius 1 is 1.46 bits per heavy atom. The molecule has 2 N–H and O–H groups in total. The van der Waals surface area contributed by atoms with Crippen molar-refractivity contribution >= 4 is 15.9 Å². The molecule has 0 unspecified atom stereocenters. The number of nitrogens with two attached hydrogens (primary N) is 1. The van der Waals surface area contributed by atoms with Crippen molar-refractivity contribution in [1.29, 1.82) is 0 Å². The van der Waals surface area contributed by atoms with Gasteiger partial charge in [0.2, 0.25) is 0 Å². The van der Waals surface area contributed by atoms with E-state index in [-0.39, 0.29) is 5.82 Å². The number of benzene rings is 1. The molecule has 0 bridgehead atoms. The average Bonchev–Trinajstić information content (AvgIpc) is 2.12. The van der Waals surface area contributed by atoms with Gasteiger partial charge >= 0.3 is 0 Å². The molecule has 1 nitrogen and oxygen atoms in total. The summed E-state index contributed by atoms with van der Waals surface area (Å²) >= 11 is 3.38. The van der Waals surface area contributed by atoms with E-state index in [1.165, 1.54) is 6.07 Å². The molecule has 0 amide bonds. The highest BCUT2D eigenvalue weighted by atomic mass is 79.9. The number of halogens is 2. The van der Waals surface area contributed by atoms with Crippen molar-refractivity contribution in [1.82, 2.24) is 0 Å². The molecule has 3 heteroatoms. The maximum atomic E-state index is 13.3. The van der Waals surface area contributed by atoms with Gasteiger partial charge in [0.25, 0.3) is 0 Å². The fraction of sp³-hybridized carbons (Fsp3) is 0.400. The van der Waals surface area contributed by atoms with Crippen LogP contribution in [0, 0.1) is 12.7 Å². The summed E-state index contributed by atoms with van der Waals surface area (Å²) < 4.78 is 14.2. The predicted octanol–water partition coefficient (Wildman–Crippen LogP) is 2.79. The average molecular weight is 246 g/mol. The van der Waals surface area contributed by atoms with Gasteiger partial charge in [0.1, 0.15) is 5.82 Å². The molecular weight excluding hydrogens is 233 g/mol. The van der Waals surface area contributed by atoms with Crippen molar-refractivity contribution in [2.24, 2.45) is 5.73 Å². The van der Waals surface area contributed by atoms with Crippen LogP contribution in [-0.4, -0.2) is 6.54 Å². The van der Waals surface area contributed by atoms with Gasteiger partial charge in [-0.3, -0.25) is 0 Å². The van der Waals surface area contributed by atoms with Crippen LogP contribution < -0.4 is 5.73 Å². The Kier molecular flexibility index (Phi) is 3.88. The molecule has 0 aromatic heterocycles. The first kappa shape index (κ1) is 10.7. The van der Waals surface area contributed by atoms with Crippen LogP contribution in [0.5, 0.6) is 0 Å². The first-order chi connectivity index (χ1) is 6.16. The molecule has 1 aromatic carbocycles. The van der Waals surface area contributed by atoms with Gasteiger partial charge in [-0.05, 0) is 37.9 Å². The summed E-state index contributed by atoms with van der Waals surface area (Å²) in [7, 11) is 0. The first-order valence-electron chi connectivity index (χ1n) is 4.30. The van der Waals surface area contributed by atoms with Gasteiger partial charge in [0.05, 0.1) is 0 Å². The molecule has 0 spiro atoms. The Hall–Kier alpha value is -0.410. The second-order valence-electron chi connectivity index (χ2n) is 3.05. The number of aryl methyl sites for hydroxylation is 1. The lowest BCUT2D eigenvalue weighted by molar-refractivity contribution is 0.603. The van der Waals surface area contributed by atoms with Crippen molar-refractivity contribution < 1.29 is 4.39 Å². The lowest BCUT2D eigenvalue weighted by Gasteiger charge is -2.07. The molecule has 13 heavy (non-hydrogen) atoms. The zero-order valence-corrected chi connectivity index (χ0v) is 9.20. The standard InChI is InChI=1S/C10H13BrFN/c1-7-4-5-9(12)8(10(7)11)3-2-6-13/h4-5H,2-3,6,13H2,1H3. The molecule has 72 valence electrons. The van der Waals surface area contributed by atoms with Crippen molar-refractivity contribution in [3.05, 3.63) is 33.5 Å². The molecule has 0 atom stereocenters. The van der Waals surface area contributed by atoms with Gasteiger partial charge in [-0.15, -0.1) is 0 Å². The van der Waals surface area contributed by atoms with Gasteiger partial charge in [-0.1, -0.05) is 22.0 Å². The van der Waals surface area contributed by atoms with Gasteiger partial charge in [0.15, 0.2) is 0 Å². The van der Waals surface area contributed by atoms with E-state index in [9.17, 15) is 4.39 Å². The van der Waals surface area contributed by atoms with Crippen LogP contribution >= 0.6 is 15.9 Å². The molecule has 1 rings (SSSR count). The summed E-state index contributed by atoms with van der Waals surface area (Å²) in [5, 5.41) is 0. The summed E-state index contributed by atoms with van der Waals surface area (Å²) in [6, 6.07) is 3.28. The van der Waals surface area contributed by atoms with Crippen LogP contribution in [0.25, 0.3) is 0 Å². The maximum Gasteiger partial charge on any atom is 0.127 e. The Balaban J connectivity index is 2.96. The third-order valence-electron chi connectivity index (χ3n) is 2.01. The number of hydrogen-bond acceptors (Lipinski definition) is 1. The van der Waals surface area contributed by atoms with Crippen LogP contribution in [0.1, 0.15) is 17.5 Å². The van der Waals surface area contributed by atoms with Gasteiger partial charge in [-0.2, -0.15) is 0 Å². The van der Waals surface area contributed by atoms with Crippen molar-refractivity contribution in [2.75, 3.05) is 6.54 Å². The van der Waals surface area contributed by atoms with Gasteiger partial charge < -0.3 is 5.73 Å². The lowest BCUT2D eigenvalue weighted by Crippen LogP contribution is -2.02. The fourth-order valence-corrected chi connectivity index (χ4v) is 1.74. The second kappa shape index (κ2) is 4.72. The first-order valence-corrected chi connectivity index (χ1v) is 5.09. The maximum absolute atomic E-state index is 13.3. The van der Waals surface area contributed by atoms with Crippen LogP contribution in [0.4, 0.5) is 4.39 Å². The number of hydrogen-bond donors (Lipinski definition) is 1. The topological polar surface area (TPSA) is 26.0 Å². The summed E-state index contributed by atoms with van der Waals surface area (Å²) in [5.74, 6) is -0.147. The molecule has 0 aliphatic rings. The summed E-state index contributed by atoms with van der Waals surface area (Å²) in [4.78, 5) is 0. The number of rotatable bonds is 3. The molecule has 0 aliphatic heterocycles. The monoisotopic (exact) mass is 245 g/mol. The quantitative estimate of drug-likeness (QED) is 0.871. The van der Waals surface area contributed by atoms with Crippen molar-refractivity contribution in [3.8, 4) is 0 Å². The van der Waals surface area contributed by atoms with Crippen molar-refractivity contribution in [3.63, 3.8) is 0 Å². The molecule has 0 saturated heterocycles. The fourth-order valence-electron chi connectivity index (χ4n) is 1.22. The molecule has 1 aromatic rings. The molecule has 0 heterocycles. The van der Waals surface area contributed by atoms with E-state index in [0.717, 1.165) is 22.0 Å². The minimum atomic E-state index is -0.147. The Morgan fingerprint density at radius 3 is 2.77 bits per heavy atom. The highest BCUT2D eigenvalue weighted by Gasteiger charge is 2.07. The molecule has 0 aliphatic carbocycles. The van der Waals surface area contributed by atoms with Gasteiger partial charge in [0, 0.05) is 10.0 Å². The minimum absolute atomic E-state index is 0.147. The third kappa shape index (κ3) is 2.51. The smallest absolute Gasteiger partial charge is 0.127 e. The van der Waals surface area contributed by atoms with E-state index < -0.39 is 0 Å². The summed E-state index contributed by atoms with van der Waals surface area (Å²) in [5.41, 5.74) is 7.18. The third-order valence-corrected chi connectivity index (χ3v) is 3.11. The molecular formula is C10H13BrFN. The van der Waals surface area contributed by atoms with E-state index in [1.807, 2.05) is 6.92 Å². The highest BCUT2D eigenvalue weighted by Crippen LogP contribution is 2.24. The second-order valence-corrected chi connectivity index (χ2v) is 3.84. The van der Waals surface area contributed by atoms with E-state index in [4.69, 9.17) is 5.73 Å². The van der Waals surface area contributed by atoms with E-state index in [2.05, 4.69) is 15.9 Å². The zero-order chi connectivity index (χ0) is 9.84. The lowest BCUT2D eigenvalue weighted by atomic mass is 10.1. The Labute approximate surface area is 86.3 Å². The normalized spacial score (nSPS) is 10.5. The molecule has 0 radical (unpaired) electrons. The minimum Gasteiger partial charge on any atom is -0.330 e. The van der Waals surface area contributed by atoms with Gasteiger partial charge in [-0.25, -0.2) is 4.39 Å². The van der Waals surface area contributed by atoms with E-state index in [1.54, 1.807) is 6.07 Å². The zero-order valence-electron chi connectivity index (χ0n) is 7.61.